The number of imidazole rings is 1. The Morgan fingerprint density at radius 3 is 3.00 bits per heavy atom. The fourth-order valence-corrected chi connectivity index (χ4v) is 2.27. The molecule has 0 N–H and O–H groups in total. The van der Waals surface area contributed by atoms with Crippen molar-refractivity contribution in [2.45, 2.75) is 0 Å². The lowest BCUT2D eigenvalue weighted by atomic mass is 10.3. The Morgan fingerprint density at radius 2 is 2.25 bits per heavy atom. The fraction of sp³-hybridized carbons (Fsp3) is 0.444. The number of nitrogens with zero attached hydrogens (tertiary/aromatic N) is 4. The highest BCUT2D eigenvalue weighted by Crippen LogP contribution is 2.11. The van der Waals surface area contributed by atoms with Crippen molar-refractivity contribution in [2.24, 2.45) is 0 Å². The molecule has 7 heteroatoms. The molecular formula is C9H10N4O2S. The molecule has 2 aromatic rings. The normalized spacial score (nSPS) is 16.9. The van der Waals surface area contributed by atoms with Gasteiger partial charge in [0.05, 0.1) is 19.4 Å². The maximum Gasteiger partial charge on any atom is 0.274 e. The van der Waals surface area contributed by atoms with Gasteiger partial charge < -0.3 is 9.64 Å². The van der Waals surface area contributed by atoms with Gasteiger partial charge in [-0.3, -0.25) is 4.79 Å². The second-order valence-electron chi connectivity index (χ2n) is 3.50. The summed E-state index contributed by atoms with van der Waals surface area (Å²) in [6.07, 6.45) is 1.67. The molecule has 0 aliphatic carbocycles. The van der Waals surface area contributed by atoms with Crippen LogP contribution in [0.4, 0.5) is 0 Å². The first-order valence-corrected chi connectivity index (χ1v) is 5.88. The lowest BCUT2D eigenvalue weighted by Gasteiger charge is -2.25. The van der Waals surface area contributed by atoms with Crippen LogP contribution in [0.5, 0.6) is 0 Å². The van der Waals surface area contributed by atoms with E-state index in [1.165, 1.54) is 11.3 Å². The topological polar surface area (TPSA) is 59.7 Å². The van der Waals surface area contributed by atoms with E-state index in [0.29, 0.717) is 32.0 Å². The first-order chi connectivity index (χ1) is 7.84. The van der Waals surface area contributed by atoms with Gasteiger partial charge in [-0.1, -0.05) is 11.3 Å². The van der Waals surface area contributed by atoms with Gasteiger partial charge in [-0.2, -0.15) is 5.10 Å². The minimum Gasteiger partial charge on any atom is -0.378 e. The number of amides is 1. The number of rotatable bonds is 1. The van der Waals surface area contributed by atoms with Gasteiger partial charge in [-0.25, -0.2) is 9.50 Å². The van der Waals surface area contributed by atoms with Crippen molar-refractivity contribution in [3.63, 3.8) is 0 Å². The van der Waals surface area contributed by atoms with E-state index in [1.807, 2.05) is 0 Å². The average molecular weight is 238 g/mol. The van der Waals surface area contributed by atoms with Crippen LogP contribution in [0.25, 0.3) is 4.96 Å². The standard InChI is InChI=1S/C9H10N4O2S/c14-8(12-1-3-15-4-2-12)7-5-13-9(11-7)16-6-10-13/h5-6H,1-4H2. The molecule has 16 heavy (non-hydrogen) atoms. The van der Waals surface area contributed by atoms with E-state index < -0.39 is 0 Å². The van der Waals surface area contributed by atoms with Gasteiger partial charge in [0.25, 0.3) is 5.91 Å². The van der Waals surface area contributed by atoms with E-state index in [0.717, 1.165) is 4.96 Å². The largest absolute Gasteiger partial charge is 0.378 e. The van der Waals surface area contributed by atoms with E-state index in [1.54, 1.807) is 21.1 Å². The smallest absolute Gasteiger partial charge is 0.274 e. The molecule has 0 spiro atoms. The van der Waals surface area contributed by atoms with E-state index in [2.05, 4.69) is 10.1 Å². The summed E-state index contributed by atoms with van der Waals surface area (Å²) in [4.78, 5) is 18.8. The molecule has 0 atom stereocenters. The van der Waals surface area contributed by atoms with Crippen LogP contribution in [-0.4, -0.2) is 51.7 Å². The molecule has 0 radical (unpaired) electrons. The SMILES string of the molecule is O=C(c1cn2ncsc2n1)N1CCOCC1. The minimum absolute atomic E-state index is 0.0407. The molecule has 3 heterocycles. The summed E-state index contributed by atoms with van der Waals surface area (Å²) in [5.41, 5.74) is 2.16. The molecule has 3 rings (SSSR count). The maximum atomic E-state index is 12.0. The Hall–Kier alpha value is -1.47. The zero-order valence-electron chi connectivity index (χ0n) is 8.50. The average Bonchev–Trinajstić information content (AvgIpc) is 2.89. The summed E-state index contributed by atoms with van der Waals surface area (Å²) < 4.78 is 6.82. The number of aromatic nitrogens is 3. The molecule has 1 amide bonds. The summed E-state index contributed by atoms with van der Waals surface area (Å²) in [5.74, 6) is -0.0407. The van der Waals surface area contributed by atoms with Gasteiger partial charge in [0.1, 0.15) is 11.2 Å². The van der Waals surface area contributed by atoms with Gasteiger partial charge in [-0.05, 0) is 0 Å². The van der Waals surface area contributed by atoms with Gasteiger partial charge in [0.15, 0.2) is 0 Å². The molecule has 6 nitrogen and oxygen atoms in total. The third-order valence-electron chi connectivity index (χ3n) is 2.50. The second-order valence-corrected chi connectivity index (χ2v) is 4.31. The molecule has 0 unspecified atom stereocenters. The molecule has 0 aromatic carbocycles. The summed E-state index contributed by atoms with van der Waals surface area (Å²) in [6.45, 7) is 2.48. The summed E-state index contributed by atoms with van der Waals surface area (Å²) in [7, 11) is 0. The van der Waals surface area contributed by atoms with Gasteiger partial charge in [0.2, 0.25) is 4.96 Å². The second kappa shape index (κ2) is 3.84. The molecule has 1 fully saturated rings. The first-order valence-electron chi connectivity index (χ1n) is 5.00. The van der Waals surface area contributed by atoms with Crippen LogP contribution in [0.1, 0.15) is 10.5 Å². The van der Waals surface area contributed by atoms with Gasteiger partial charge in [-0.15, -0.1) is 0 Å². The number of carbonyl (C=O) groups is 1. The van der Waals surface area contributed by atoms with Crippen LogP contribution < -0.4 is 0 Å². The zero-order chi connectivity index (χ0) is 11.0. The van der Waals surface area contributed by atoms with Crippen LogP contribution in [0.15, 0.2) is 11.7 Å². The molecule has 1 aliphatic heterocycles. The third-order valence-corrected chi connectivity index (χ3v) is 3.19. The van der Waals surface area contributed by atoms with Crippen LogP contribution in [-0.2, 0) is 4.74 Å². The Labute approximate surface area is 95.5 Å². The highest BCUT2D eigenvalue weighted by molar-refractivity contribution is 7.14. The summed E-state index contributed by atoms with van der Waals surface area (Å²) in [5, 5.41) is 4.04. The van der Waals surface area contributed by atoms with Crippen LogP contribution >= 0.6 is 11.3 Å². The van der Waals surface area contributed by atoms with Crippen LogP contribution in [0.3, 0.4) is 0 Å². The Balaban J connectivity index is 1.86. The number of carbonyl (C=O) groups excluding carboxylic acids is 1. The van der Waals surface area contributed by atoms with Crippen molar-refractivity contribution < 1.29 is 9.53 Å². The number of morpholine rings is 1. The van der Waals surface area contributed by atoms with Crippen LogP contribution in [0.2, 0.25) is 0 Å². The number of hydrogen-bond donors (Lipinski definition) is 0. The molecular weight excluding hydrogens is 228 g/mol. The van der Waals surface area contributed by atoms with Crippen molar-refractivity contribution in [1.29, 1.82) is 0 Å². The van der Waals surface area contributed by atoms with E-state index in [9.17, 15) is 4.79 Å². The quantitative estimate of drug-likeness (QED) is 0.715. The Morgan fingerprint density at radius 1 is 1.44 bits per heavy atom. The van der Waals surface area contributed by atoms with Gasteiger partial charge in [0, 0.05) is 13.1 Å². The number of fused-ring (bicyclic) bond motifs is 1. The molecule has 1 aliphatic rings. The van der Waals surface area contributed by atoms with Crippen molar-refractivity contribution in [2.75, 3.05) is 26.3 Å². The van der Waals surface area contributed by atoms with E-state index in [4.69, 9.17) is 4.74 Å². The highest BCUT2D eigenvalue weighted by Gasteiger charge is 2.21. The minimum atomic E-state index is -0.0407. The maximum absolute atomic E-state index is 12.0. The van der Waals surface area contributed by atoms with Crippen molar-refractivity contribution >= 4 is 22.2 Å². The third kappa shape index (κ3) is 1.57. The molecule has 1 saturated heterocycles. The van der Waals surface area contributed by atoms with Crippen LogP contribution in [0, 0.1) is 0 Å². The van der Waals surface area contributed by atoms with Crippen molar-refractivity contribution in [3.05, 3.63) is 17.4 Å². The summed E-state index contributed by atoms with van der Waals surface area (Å²) in [6, 6.07) is 0. The number of ether oxygens (including phenoxy) is 1. The first kappa shape index (κ1) is 9.73. The molecule has 84 valence electrons. The lowest BCUT2D eigenvalue weighted by Crippen LogP contribution is -2.40. The van der Waals surface area contributed by atoms with Gasteiger partial charge >= 0.3 is 0 Å². The number of hydrogen-bond acceptors (Lipinski definition) is 5. The highest BCUT2D eigenvalue weighted by atomic mass is 32.1. The molecule has 2 aromatic heterocycles. The fourth-order valence-electron chi connectivity index (χ4n) is 1.67. The predicted molar refractivity (Wildman–Crippen MR) is 57.6 cm³/mol. The lowest BCUT2D eigenvalue weighted by molar-refractivity contribution is 0.0299. The predicted octanol–water partition coefficient (Wildman–Crippen LogP) is 0.263. The molecule has 0 bridgehead atoms. The van der Waals surface area contributed by atoms with E-state index >= 15 is 0 Å². The van der Waals surface area contributed by atoms with Crippen molar-refractivity contribution in [1.82, 2.24) is 19.5 Å². The monoisotopic (exact) mass is 238 g/mol. The van der Waals surface area contributed by atoms with E-state index in [-0.39, 0.29) is 5.91 Å². The Kier molecular flexibility index (Phi) is 2.33. The Bertz CT molecular complexity index is 486. The van der Waals surface area contributed by atoms with Crippen molar-refractivity contribution in [3.8, 4) is 0 Å². The summed E-state index contributed by atoms with van der Waals surface area (Å²) >= 11 is 1.42. The molecule has 0 saturated carbocycles. The zero-order valence-corrected chi connectivity index (χ0v) is 9.31.